The first kappa shape index (κ1) is 27.1. The molecule has 3 heterocycles. The van der Waals surface area contributed by atoms with Crippen LogP contribution in [0.15, 0.2) is 24.3 Å². The zero-order valence-corrected chi connectivity index (χ0v) is 22.0. The molecule has 37 heavy (non-hydrogen) atoms. The van der Waals surface area contributed by atoms with Gasteiger partial charge < -0.3 is 25.1 Å². The lowest BCUT2D eigenvalue weighted by molar-refractivity contribution is -0.142. The second-order valence-electron chi connectivity index (χ2n) is 10.7. The van der Waals surface area contributed by atoms with Crippen LogP contribution in [0.1, 0.15) is 69.2 Å². The smallest absolute Gasteiger partial charge is 0.252 e. The van der Waals surface area contributed by atoms with Gasteiger partial charge in [-0.3, -0.25) is 19.2 Å². The number of hydrogen-bond donors (Lipinski definition) is 2. The lowest BCUT2D eigenvalue weighted by atomic mass is 10.0. The van der Waals surface area contributed by atoms with E-state index >= 15 is 0 Å². The SMILES string of the molecule is CCCC(O)C(=O)N1CC(=O)C2C1CCN2C(=O)CC(C)CCNC(=O)c1ccc(N2CCCC2)cc1. The first-order chi connectivity index (χ1) is 17.8. The van der Waals surface area contributed by atoms with E-state index in [4.69, 9.17) is 0 Å². The van der Waals surface area contributed by atoms with Crippen LogP contribution in [0.4, 0.5) is 5.69 Å². The maximum absolute atomic E-state index is 13.0. The van der Waals surface area contributed by atoms with E-state index in [1.54, 1.807) is 4.90 Å². The number of ketones is 1. The molecule has 0 radical (unpaired) electrons. The highest BCUT2D eigenvalue weighted by atomic mass is 16.3. The van der Waals surface area contributed by atoms with Crippen LogP contribution in [0.5, 0.6) is 0 Å². The van der Waals surface area contributed by atoms with Crippen molar-refractivity contribution in [1.82, 2.24) is 15.1 Å². The summed E-state index contributed by atoms with van der Waals surface area (Å²) < 4.78 is 0. The van der Waals surface area contributed by atoms with Crippen molar-refractivity contribution in [2.45, 2.75) is 77.0 Å². The fourth-order valence-electron chi connectivity index (χ4n) is 5.83. The lowest BCUT2D eigenvalue weighted by Gasteiger charge is -2.26. The zero-order valence-electron chi connectivity index (χ0n) is 22.0. The van der Waals surface area contributed by atoms with E-state index in [0.717, 1.165) is 18.8 Å². The Morgan fingerprint density at radius 1 is 1.05 bits per heavy atom. The van der Waals surface area contributed by atoms with E-state index in [2.05, 4.69) is 10.2 Å². The van der Waals surface area contributed by atoms with Gasteiger partial charge >= 0.3 is 0 Å². The van der Waals surface area contributed by atoms with Crippen molar-refractivity contribution in [3.63, 3.8) is 0 Å². The summed E-state index contributed by atoms with van der Waals surface area (Å²) in [5.41, 5.74) is 1.77. The molecule has 0 saturated carbocycles. The predicted molar refractivity (Wildman–Crippen MR) is 140 cm³/mol. The molecule has 202 valence electrons. The lowest BCUT2D eigenvalue weighted by Crippen LogP contribution is -2.45. The summed E-state index contributed by atoms with van der Waals surface area (Å²) in [6.07, 6.45) is 3.83. The van der Waals surface area contributed by atoms with Gasteiger partial charge in [0.2, 0.25) is 5.91 Å². The summed E-state index contributed by atoms with van der Waals surface area (Å²) in [5.74, 6) is -0.735. The third kappa shape index (κ3) is 6.14. The Balaban J connectivity index is 1.22. The Morgan fingerprint density at radius 3 is 2.43 bits per heavy atom. The number of fused-ring (bicyclic) bond motifs is 1. The van der Waals surface area contributed by atoms with Crippen molar-refractivity contribution in [2.24, 2.45) is 5.92 Å². The summed E-state index contributed by atoms with van der Waals surface area (Å²) in [6.45, 7) is 6.84. The van der Waals surface area contributed by atoms with Crippen molar-refractivity contribution >= 4 is 29.2 Å². The summed E-state index contributed by atoms with van der Waals surface area (Å²) in [6, 6.07) is 6.74. The van der Waals surface area contributed by atoms with E-state index in [1.165, 1.54) is 17.7 Å². The van der Waals surface area contributed by atoms with Crippen LogP contribution in [-0.4, -0.2) is 89.3 Å². The minimum atomic E-state index is -1.10. The maximum Gasteiger partial charge on any atom is 0.252 e. The molecule has 9 heteroatoms. The highest BCUT2D eigenvalue weighted by Gasteiger charge is 2.51. The molecule has 4 unspecified atom stereocenters. The molecule has 9 nitrogen and oxygen atoms in total. The molecule has 3 amide bonds. The Bertz CT molecular complexity index is 991. The minimum Gasteiger partial charge on any atom is -0.383 e. The number of carbonyl (C=O) groups is 4. The quantitative estimate of drug-likeness (QED) is 0.496. The van der Waals surface area contributed by atoms with Gasteiger partial charge in [0.15, 0.2) is 5.78 Å². The molecule has 2 N–H and O–H groups in total. The first-order valence-electron chi connectivity index (χ1n) is 13.7. The van der Waals surface area contributed by atoms with E-state index in [0.29, 0.717) is 44.3 Å². The van der Waals surface area contributed by atoms with Gasteiger partial charge in [-0.2, -0.15) is 0 Å². The van der Waals surface area contributed by atoms with E-state index < -0.39 is 18.1 Å². The van der Waals surface area contributed by atoms with Gasteiger partial charge in [0.1, 0.15) is 12.1 Å². The van der Waals surface area contributed by atoms with Gasteiger partial charge in [-0.15, -0.1) is 0 Å². The highest BCUT2D eigenvalue weighted by molar-refractivity contribution is 5.98. The monoisotopic (exact) mass is 512 g/mol. The van der Waals surface area contributed by atoms with Crippen molar-refractivity contribution in [3.05, 3.63) is 29.8 Å². The van der Waals surface area contributed by atoms with Crippen LogP contribution in [-0.2, 0) is 14.4 Å². The number of aliphatic hydroxyl groups excluding tert-OH is 1. The van der Waals surface area contributed by atoms with E-state index in [-0.39, 0.29) is 42.5 Å². The molecule has 3 aliphatic heterocycles. The Morgan fingerprint density at radius 2 is 1.76 bits per heavy atom. The minimum absolute atomic E-state index is 0.0324. The number of Topliss-reactive ketones (excluding diaryl/α,β-unsaturated/α-hetero) is 1. The Labute approximate surface area is 219 Å². The normalized spacial score (nSPS) is 22.8. The average Bonchev–Trinajstić information content (AvgIpc) is 3.63. The molecule has 1 aromatic carbocycles. The van der Waals surface area contributed by atoms with Gasteiger partial charge in [-0.1, -0.05) is 20.3 Å². The second-order valence-corrected chi connectivity index (χ2v) is 10.7. The molecule has 3 saturated heterocycles. The number of rotatable bonds is 10. The number of amides is 3. The molecule has 4 rings (SSSR count). The molecular formula is C28H40N4O5. The molecule has 0 aromatic heterocycles. The van der Waals surface area contributed by atoms with Gasteiger partial charge in [0.25, 0.3) is 11.8 Å². The fraction of sp³-hybridized carbons (Fsp3) is 0.643. The third-order valence-electron chi connectivity index (χ3n) is 7.92. The molecule has 1 aromatic rings. The first-order valence-corrected chi connectivity index (χ1v) is 13.7. The maximum atomic E-state index is 13.0. The van der Waals surface area contributed by atoms with E-state index in [9.17, 15) is 24.3 Å². The van der Waals surface area contributed by atoms with E-state index in [1.807, 2.05) is 38.1 Å². The molecule has 3 fully saturated rings. The van der Waals surface area contributed by atoms with Crippen LogP contribution < -0.4 is 10.2 Å². The topological polar surface area (TPSA) is 110 Å². The number of aliphatic hydroxyl groups is 1. The summed E-state index contributed by atoms with van der Waals surface area (Å²) in [4.78, 5) is 56.3. The number of nitrogens with zero attached hydrogens (tertiary/aromatic N) is 3. The third-order valence-corrected chi connectivity index (χ3v) is 7.92. The Kier molecular flexibility index (Phi) is 8.84. The summed E-state index contributed by atoms with van der Waals surface area (Å²) in [7, 11) is 0. The summed E-state index contributed by atoms with van der Waals surface area (Å²) in [5, 5.41) is 13.1. The van der Waals surface area contributed by atoms with Crippen LogP contribution >= 0.6 is 0 Å². The number of likely N-dealkylation sites (tertiary alicyclic amines) is 2. The fourth-order valence-corrected chi connectivity index (χ4v) is 5.83. The largest absolute Gasteiger partial charge is 0.383 e. The molecule has 4 atom stereocenters. The number of anilines is 1. The van der Waals surface area contributed by atoms with Gasteiger partial charge in [-0.05, 0) is 62.3 Å². The number of nitrogens with one attached hydrogen (secondary N) is 1. The standard InChI is InChI=1S/C28H40N4O5/c1-3-6-23(33)28(37)32-18-24(34)26-22(32)12-16-31(26)25(35)17-19(2)11-13-29-27(36)20-7-9-21(10-8-20)30-14-4-5-15-30/h7-10,19,22-23,26,33H,3-6,11-18H2,1-2H3,(H,29,36). The number of benzene rings is 1. The number of carbonyl (C=O) groups excluding carboxylic acids is 4. The van der Waals surface area contributed by atoms with Crippen molar-refractivity contribution in [1.29, 1.82) is 0 Å². The second kappa shape index (κ2) is 12.1. The van der Waals surface area contributed by atoms with Crippen molar-refractivity contribution < 1.29 is 24.3 Å². The van der Waals surface area contributed by atoms with Gasteiger partial charge in [0, 0.05) is 43.9 Å². The molecule has 0 spiro atoms. The van der Waals surface area contributed by atoms with Crippen molar-refractivity contribution in [2.75, 3.05) is 37.6 Å². The van der Waals surface area contributed by atoms with Crippen LogP contribution in [0.25, 0.3) is 0 Å². The van der Waals surface area contributed by atoms with Crippen LogP contribution in [0.3, 0.4) is 0 Å². The molecule has 0 bridgehead atoms. The average molecular weight is 513 g/mol. The summed E-state index contributed by atoms with van der Waals surface area (Å²) >= 11 is 0. The molecule has 3 aliphatic rings. The predicted octanol–water partition coefficient (Wildman–Crippen LogP) is 1.97. The zero-order chi connectivity index (χ0) is 26.5. The van der Waals surface area contributed by atoms with Crippen molar-refractivity contribution in [3.8, 4) is 0 Å². The van der Waals surface area contributed by atoms with Crippen LogP contribution in [0.2, 0.25) is 0 Å². The van der Waals surface area contributed by atoms with Crippen LogP contribution in [0, 0.1) is 5.92 Å². The van der Waals surface area contributed by atoms with Gasteiger partial charge in [0.05, 0.1) is 12.6 Å². The Hall–Kier alpha value is -2.94. The number of hydrogen-bond acceptors (Lipinski definition) is 6. The highest BCUT2D eigenvalue weighted by Crippen LogP contribution is 2.31. The van der Waals surface area contributed by atoms with Gasteiger partial charge in [-0.25, -0.2) is 0 Å². The molecular weight excluding hydrogens is 472 g/mol. The molecule has 0 aliphatic carbocycles.